The van der Waals surface area contributed by atoms with E-state index >= 15 is 0 Å². The van der Waals surface area contributed by atoms with Crippen molar-refractivity contribution in [2.75, 3.05) is 24.6 Å². The van der Waals surface area contributed by atoms with Gasteiger partial charge in [0.05, 0.1) is 17.2 Å². The van der Waals surface area contributed by atoms with Crippen molar-refractivity contribution in [3.05, 3.63) is 159 Å². The number of halogens is 1. The topological polar surface area (TPSA) is 63.2 Å². The lowest BCUT2D eigenvalue weighted by molar-refractivity contribution is -0.115. The summed E-state index contributed by atoms with van der Waals surface area (Å²) in [6.45, 7) is 4.88. The quantitative estimate of drug-likeness (QED) is 0.154. The number of hydrogen-bond donors (Lipinski definition) is 1. The van der Waals surface area contributed by atoms with Gasteiger partial charge in [0.1, 0.15) is 6.61 Å². The molecule has 8 heteroatoms. The van der Waals surface area contributed by atoms with Crippen molar-refractivity contribution < 1.29 is 14.3 Å². The summed E-state index contributed by atoms with van der Waals surface area (Å²) in [6.07, 6.45) is 3.98. The van der Waals surface area contributed by atoms with Gasteiger partial charge in [0.2, 0.25) is 0 Å². The molecule has 5 aromatic rings. The first-order valence-corrected chi connectivity index (χ1v) is 18.7. The van der Waals surface area contributed by atoms with Crippen LogP contribution in [0.2, 0.25) is 5.02 Å². The van der Waals surface area contributed by atoms with E-state index in [-0.39, 0.29) is 17.7 Å². The SMILES string of the molecule is CCOc1cc(/C=C2\SC(=Nc3cc4c5c(c3)[C@H](c3ccccc3)CCN5CC[C@@H]4c3ccccc3)NC2=O)ccc1OCc1ccc(Cl)cc1. The number of amides is 1. The summed E-state index contributed by atoms with van der Waals surface area (Å²) >= 11 is 7.39. The molecule has 6 nitrogen and oxygen atoms in total. The number of aliphatic imine (C=N–C) groups is 1. The van der Waals surface area contributed by atoms with Crippen molar-refractivity contribution in [3.63, 3.8) is 0 Å². The monoisotopic (exact) mass is 711 g/mol. The highest BCUT2D eigenvalue weighted by molar-refractivity contribution is 8.18. The molecule has 3 heterocycles. The maximum atomic E-state index is 13.3. The van der Waals surface area contributed by atoms with E-state index < -0.39 is 0 Å². The van der Waals surface area contributed by atoms with E-state index in [0.29, 0.717) is 39.8 Å². The largest absolute Gasteiger partial charge is 0.490 e. The van der Waals surface area contributed by atoms with Crippen molar-refractivity contribution in [2.24, 2.45) is 4.99 Å². The van der Waals surface area contributed by atoms with Crippen molar-refractivity contribution in [2.45, 2.75) is 38.2 Å². The third-order valence-electron chi connectivity index (χ3n) is 9.75. The predicted molar refractivity (Wildman–Crippen MR) is 209 cm³/mol. The molecule has 0 unspecified atom stereocenters. The number of carbonyl (C=O) groups excluding carboxylic acids is 1. The van der Waals surface area contributed by atoms with Gasteiger partial charge in [-0.25, -0.2) is 4.99 Å². The van der Waals surface area contributed by atoms with Gasteiger partial charge >= 0.3 is 0 Å². The molecule has 1 amide bonds. The van der Waals surface area contributed by atoms with Crippen molar-refractivity contribution in [3.8, 4) is 11.5 Å². The predicted octanol–water partition coefficient (Wildman–Crippen LogP) is 10.1. The fourth-order valence-electron chi connectivity index (χ4n) is 7.40. The molecule has 0 saturated carbocycles. The molecule has 1 saturated heterocycles. The van der Waals surface area contributed by atoms with Crippen LogP contribution in [0.1, 0.15) is 65.0 Å². The molecule has 0 radical (unpaired) electrons. The summed E-state index contributed by atoms with van der Waals surface area (Å²) in [4.78, 5) is 21.5. The maximum absolute atomic E-state index is 13.3. The molecule has 256 valence electrons. The normalized spacial score (nSPS) is 19.6. The van der Waals surface area contributed by atoms with E-state index in [9.17, 15) is 4.79 Å². The number of ether oxygens (including phenoxy) is 2. The van der Waals surface area contributed by atoms with E-state index in [4.69, 9.17) is 26.1 Å². The fraction of sp³-hybridized carbons (Fsp3) is 0.209. The summed E-state index contributed by atoms with van der Waals surface area (Å²) in [5.74, 6) is 1.65. The van der Waals surface area contributed by atoms with Crippen LogP contribution in [0, 0.1) is 0 Å². The second-order valence-corrected chi connectivity index (χ2v) is 14.5. The number of rotatable bonds is 9. The van der Waals surface area contributed by atoms with E-state index in [1.165, 1.54) is 39.7 Å². The Balaban J connectivity index is 1.10. The molecule has 8 rings (SSSR count). The number of benzene rings is 5. The molecule has 3 aliphatic heterocycles. The van der Waals surface area contributed by atoms with Crippen LogP contribution in [0.3, 0.4) is 0 Å². The Hall–Kier alpha value is -4.98. The smallest absolute Gasteiger partial charge is 0.264 e. The Bertz CT molecular complexity index is 2050. The Morgan fingerprint density at radius 2 is 1.47 bits per heavy atom. The summed E-state index contributed by atoms with van der Waals surface area (Å²) in [6, 6.07) is 39.4. The van der Waals surface area contributed by atoms with Gasteiger partial charge in [0.15, 0.2) is 16.7 Å². The van der Waals surface area contributed by atoms with E-state index in [2.05, 4.69) is 83.0 Å². The number of carbonyl (C=O) groups is 1. The molecule has 1 N–H and O–H groups in total. The van der Waals surface area contributed by atoms with Crippen LogP contribution in [0.4, 0.5) is 11.4 Å². The summed E-state index contributed by atoms with van der Waals surface area (Å²) in [5, 5.41) is 4.28. The molecule has 0 aliphatic carbocycles. The van der Waals surface area contributed by atoms with Gasteiger partial charge < -0.3 is 19.7 Å². The van der Waals surface area contributed by atoms with E-state index in [0.717, 1.165) is 42.7 Å². The van der Waals surface area contributed by atoms with Gasteiger partial charge in [-0.05, 0) is 107 Å². The van der Waals surface area contributed by atoms with Crippen LogP contribution >= 0.6 is 23.4 Å². The first-order chi connectivity index (χ1) is 25.0. The molecule has 2 atom stereocenters. The number of nitrogens with one attached hydrogen (secondary N) is 1. The van der Waals surface area contributed by atoms with Crippen molar-refractivity contribution in [1.82, 2.24) is 5.32 Å². The van der Waals surface area contributed by atoms with Crippen LogP contribution in [-0.4, -0.2) is 30.8 Å². The lowest BCUT2D eigenvalue weighted by Gasteiger charge is -2.43. The van der Waals surface area contributed by atoms with Crippen molar-refractivity contribution in [1.29, 1.82) is 0 Å². The molecule has 0 spiro atoms. The molecule has 1 fully saturated rings. The molecular formula is C43H38ClN3O3S. The Morgan fingerprint density at radius 1 is 0.824 bits per heavy atom. The van der Waals surface area contributed by atoms with Gasteiger partial charge in [0.25, 0.3) is 5.91 Å². The minimum absolute atomic E-state index is 0.172. The Morgan fingerprint density at radius 3 is 2.10 bits per heavy atom. The highest BCUT2D eigenvalue weighted by Crippen LogP contribution is 2.50. The fourth-order valence-corrected chi connectivity index (χ4v) is 8.36. The second kappa shape index (κ2) is 14.7. The molecule has 0 aromatic heterocycles. The highest BCUT2D eigenvalue weighted by Gasteiger charge is 2.35. The first-order valence-electron chi connectivity index (χ1n) is 17.5. The maximum Gasteiger partial charge on any atom is 0.264 e. The average molecular weight is 712 g/mol. The Kier molecular flexibility index (Phi) is 9.57. The van der Waals surface area contributed by atoms with Gasteiger partial charge in [-0.3, -0.25) is 4.79 Å². The average Bonchev–Trinajstić information content (AvgIpc) is 3.50. The van der Waals surface area contributed by atoms with Crippen LogP contribution in [0.15, 0.2) is 125 Å². The minimum Gasteiger partial charge on any atom is -0.490 e. The van der Waals surface area contributed by atoms with Gasteiger partial charge in [0, 0.05) is 35.6 Å². The zero-order valence-corrected chi connectivity index (χ0v) is 29.9. The van der Waals surface area contributed by atoms with Crippen LogP contribution in [0.25, 0.3) is 6.08 Å². The summed E-state index contributed by atoms with van der Waals surface area (Å²) in [5.41, 5.74) is 9.35. The zero-order valence-electron chi connectivity index (χ0n) is 28.3. The number of anilines is 1. The number of hydrogen-bond acceptors (Lipinski definition) is 6. The van der Waals surface area contributed by atoms with E-state index in [1.54, 1.807) is 0 Å². The third-order valence-corrected chi connectivity index (χ3v) is 10.9. The van der Waals surface area contributed by atoms with Gasteiger partial charge in [-0.2, -0.15) is 0 Å². The number of nitrogens with zero attached hydrogens (tertiary/aromatic N) is 2. The molecule has 0 bridgehead atoms. The van der Waals surface area contributed by atoms with Gasteiger partial charge in [-0.1, -0.05) is 90.5 Å². The molecular weight excluding hydrogens is 674 g/mol. The van der Waals surface area contributed by atoms with Crippen LogP contribution in [-0.2, 0) is 11.4 Å². The second-order valence-electron chi connectivity index (χ2n) is 13.0. The summed E-state index contributed by atoms with van der Waals surface area (Å²) in [7, 11) is 0. The van der Waals surface area contributed by atoms with Crippen LogP contribution < -0.4 is 19.7 Å². The summed E-state index contributed by atoms with van der Waals surface area (Å²) < 4.78 is 12.0. The zero-order chi connectivity index (χ0) is 34.7. The van der Waals surface area contributed by atoms with Crippen molar-refractivity contribution >= 4 is 51.9 Å². The van der Waals surface area contributed by atoms with Crippen LogP contribution in [0.5, 0.6) is 11.5 Å². The third kappa shape index (κ3) is 7.14. The Labute approximate surface area is 308 Å². The molecule has 51 heavy (non-hydrogen) atoms. The minimum atomic E-state index is -0.172. The molecule has 5 aromatic carbocycles. The highest BCUT2D eigenvalue weighted by atomic mass is 35.5. The number of amidine groups is 1. The lowest BCUT2D eigenvalue weighted by atomic mass is 9.76. The molecule has 3 aliphatic rings. The number of thioether (sulfide) groups is 1. The lowest BCUT2D eigenvalue weighted by Crippen LogP contribution is -2.37. The first kappa shape index (κ1) is 33.2. The van der Waals surface area contributed by atoms with E-state index in [1.807, 2.05) is 55.5 Å². The van der Waals surface area contributed by atoms with Gasteiger partial charge in [-0.15, -0.1) is 0 Å². The standard InChI is InChI=1S/C43H38ClN3O3S/c1-2-49-39-23-29(15-18-38(39)50-27-28-13-16-32(44)17-14-28)24-40-42(48)46-43(51-40)45-33-25-36-34(30-9-5-3-6-10-30)19-21-47-22-20-35(37(26-33)41(36)47)31-11-7-4-8-12-31/h3-18,23-26,34-35H,2,19-22,27H2,1H3,(H,45,46,48)/b40-24-/t34-,35+.